The summed E-state index contributed by atoms with van der Waals surface area (Å²) in [6, 6.07) is 18.9. The topological polar surface area (TPSA) is 336 Å². The van der Waals surface area contributed by atoms with Crippen molar-refractivity contribution in [3.63, 3.8) is 0 Å². The Morgan fingerprint density at radius 1 is 0.524 bits per heavy atom. The van der Waals surface area contributed by atoms with Crippen molar-refractivity contribution in [3.8, 4) is 0 Å². The van der Waals surface area contributed by atoms with Gasteiger partial charge in [-0.2, -0.15) is 0 Å². The van der Waals surface area contributed by atoms with Crippen molar-refractivity contribution < 1.29 is 28.8 Å². The molecule has 6 aromatic rings. The Labute approximate surface area is 362 Å². The zero-order valence-electron chi connectivity index (χ0n) is 34.9. The highest BCUT2D eigenvalue weighted by atomic mass is 16.2. The van der Waals surface area contributed by atoms with Gasteiger partial charge in [0, 0.05) is 75.6 Å². The third-order valence-electron chi connectivity index (χ3n) is 10.8. The van der Waals surface area contributed by atoms with Crippen molar-refractivity contribution in [1.29, 1.82) is 0 Å². The van der Waals surface area contributed by atoms with E-state index in [0.29, 0.717) is 75.6 Å². The molecule has 3 aromatic carbocycles. The fraction of sp³-hybridized carbons (Fsp3) is 0.318. The summed E-state index contributed by atoms with van der Waals surface area (Å²) >= 11 is 0. The maximum absolute atomic E-state index is 13.4. The number of ketones is 2. The average molecular weight is 862 g/mol. The molecule has 0 saturated carbocycles. The largest absolute Gasteiger partial charge is 0.351 e. The normalized spacial score (nSPS) is 12.3. The maximum Gasteiger partial charge on any atom is 0.284 e. The van der Waals surface area contributed by atoms with E-state index in [-0.39, 0.29) is 54.6 Å². The van der Waals surface area contributed by atoms with Gasteiger partial charge in [0.1, 0.15) is 17.1 Å². The highest BCUT2D eigenvalue weighted by Gasteiger charge is 2.21. The van der Waals surface area contributed by atoms with E-state index in [9.17, 15) is 28.8 Å². The van der Waals surface area contributed by atoms with Gasteiger partial charge in [0.15, 0.2) is 11.6 Å². The molecule has 63 heavy (non-hydrogen) atoms. The standard InChI is InChI=1S/C44H55N13O6/c45-15-3-1-5-31(47)39(58)13-17-56(49)43(62)37-23-27-20-29(8-11-34(27)54-37)51-41(60)25-7-10-33-26(19-25)22-36(53-33)42(61)52-30-9-12-35-28(21-30)24-38(55-35)44(63)57(50)18-14-40(59)32(48)6-2-4-16-46/h7-12,19-24,31-32,53-55H,1-6,13-18,45-50H2,(H,51,60)(H,52,61)/t31-,32-/m0/s1. The number of nitrogens with one attached hydrogen (secondary N) is 5. The van der Waals surface area contributed by atoms with Gasteiger partial charge >= 0.3 is 0 Å². The molecule has 0 fully saturated rings. The first-order valence-electron chi connectivity index (χ1n) is 20.9. The smallest absolute Gasteiger partial charge is 0.284 e. The monoisotopic (exact) mass is 861 g/mol. The molecule has 17 N–H and O–H groups in total. The molecule has 0 aliphatic heterocycles. The Bertz CT molecular complexity index is 2490. The summed E-state index contributed by atoms with van der Waals surface area (Å²) in [6.45, 7) is 1.07. The molecule has 0 spiro atoms. The van der Waals surface area contributed by atoms with Crippen LogP contribution >= 0.6 is 0 Å². The molecule has 3 aromatic heterocycles. The Morgan fingerprint density at radius 2 is 0.937 bits per heavy atom. The van der Waals surface area contributed by atoms with Crippen molar-refractivity contribution in [2.75, 3.05) is 36.8 Å². The second-order valence-corrected chi connectivity index (χ2v) is 15.6. The van der Waals surface area contributed by atoms with Crippen LogP contribution in [0, 0.1) is 0 Å². The number of anilines is 2. The van der Waals surface area contributed by atoms with Crippen molar-refractivity contribution >= 4 is 79.3 Å². The lowest BCUT2D eigenvalue weighted by Gasteiger charge is -2.17. The molecule has 19 heteroatoms. The summed E-state index contributed by atoms with van der Waals surface area (Å²) in [7, 11) is 0. The fourth-order valence-electron chi connectivity index (χ4n) is 7.13. The van der Waals surface area contributed by atoms with Gasteiger partial charge in [-0.3, -0.25) is 38.8 Å². The first-order valence-corrected chi connectivity index (χ1v) is 20.9. The number of hydrazine groups is 2. The number of H-pyrrole nitrogens is 3. The van der Waals surface area contributed by atoms with Gasteiger partial charge in [0.25, 0.3) is 23.6 Å². The number of rotatable bonds is 22. The van der Waals surface area contributed by atoms with Crippen molar-refractivity contribution in [2.45, 2.75) is 63.5 Å². The van der Waals surface area contributed by atoms with Crippen LogP contribution in [0.25, 0.3) is 32.7 Å². The minimum Gasteiger partial charge on any atom is -0.351 e. The molecular formula is C44H55N13O6. The van der Waals surface area contributed by atoms with E-state index >= 15 is 0 Å². The van der Waals surface area contributed by atoms with Crippen LogP contribution in [0.1, 0.15) is 93.2 Å². The van der Waals surface area contributed by atoms with E-state index < -0.39 is 35.7 Å². The van der Waals surface area contributed by atoms with Gasteiger partial charge in [0.05, 0.1) is 12.1 Å². The van der Waals surface area contributed by atoms with E-state index in [2.05, 4.69) is 25.6 Å². The molecule has 19 nitrogen and oxygen atoms in total. The van der Waals surface area contributed by atoms with Crippen LogP contribution < -0.4 is 45.3 Å². The van der Waals surface area contributed by atoms with Crippen LogP contribution in [0.5, 0.6) is 0 Å². The van der Waals surface area contributed by atoms with E-state index in [1.165, 1.54) is 0 Å². The lowest BCUT2D eigenvalue weighted by atomic mass is 10.0. The van der Waals surface area contributed by atoms with Crippen molar-refractivity contribution in [3.05, 3.63) is 95.4 Å². The number of aromatic amines is 3. The number of hydrogen-bond donors (Lipinski definition) is 11. The van der Waals surface area contributed by atoms with Crippen LogP contribution in [0.15, 0.2) is 72.8 Å². The van der Waals surface area contributed by atoms with Crippen LogP contribution in [-0.2, 0) is 9.59 Å². The van der Waals surface area contributed by atoms with Crippen molar-refractivity contribution in [1.82, 2.24) is 25.0 Å². The molecule has 0 saturated heterocycles. The number of carbonyl (C=O) groups is 6. The molecular weight excluding hydrogens is 807 g/mol. The highest BCUT2D eigenvalue weighted by molar-refractivity contribution is 6.10. The zero-order chi connectivity index (χ0) is 45.2. The summed E-state index contributed by atoms with van der Waals surface area (Å²) in [5, 5.41) is 9.62. The number of benzene rings is 3. The number of Topliss-reactive ketones (excluding diaryl/α,β-unsaturated/α-hetero) is 2. The quantitative estimate of drug-likeness (QED) is 0.0203. The predicted octanol–water partition coefficient (Wildman–Crippen LogP) is 3.10. The first kappa shape index (κ1) is 45.8. The number of unbranched alkanes of at least 4 members (excludes halogenated alkanes) is 2. The molecule has 0 aliphatic rings. The lowest BCUT2D eigenvalue weighted by Crippen LogP contribution is -2.41. The second-order valence-electron chi connectivity index (χ2n) is 15.6. The Morgan fingerprint density at radius 3 is 1.41 bits per heavy atom. The molecule has 4 amide bonds. The average Bonchev–Trinajstić information content (AvgIpc) is 4.03. The number of aromatic nitrogens is 3. The van der Waals surface area contributed by atoms with Gasteiger partial charge in [-0.1, -0.05) is 12.8 Å². The number of carbonyl (C=O) groups excluding carboxylic acids is 6. The summed E-state index contributed by atoms with van der Waals surface area (Å²) in [5.74, 6) is 9.83. The molecule has 0 radical (unpaired) electrons. The molecule has 2 atom stereocenters. The van der Waals surface area contributed by atoms with E-state index in [4.69, 9.17) is 34.6 Å². The molecule has 0 unspecified atom stereocenters. The molecule has 3 heterocycles. The number of nitrogens with zero attached hydrogens (tertiary/aromatic N) is 2. The van der Waals surface area contributed by atoms with Gasteiger partial charge in [-0.15, -0.1) is 0 Å². The summed E-state index contributed by atoms with van der Waals surface area (Å²) in [5.41, 5.74) is 26.9. The maximum atomic E-state index is 13.4. The molecule has 0 bridgehead atoms. The van der Waals surface area contributed by atoms with E-state index in [1.807, 2.05) is 0 Å². The lowest BCUT2D eigenvalue weighted by molar-refractivity contribution is -0.121. The number of fused-ring (bicyclic) bond motifs is 3. The fourth-order valence-corrected chi connectivity index (χ4v) is 7.13. The van der Waals surface area contributed by atoms with Gasteiger partial charge in [0.2, 0.25) is 0 Å². The van der Waals surface area contributed by atoms with Gasteiger partial charge in [-0.05, 0) is 112 Å². The number of hydrogen-bond acceptors (Lipinski definition) is 12. The minimum atomic E-state index is -0.629. The minimum absolute atomic E-state index is 0.00139. The SMILES string of the molecule is NCCCC[C@H](N)C(=O)CCN(N)C(=O)c1cc2cc(NC(=O)c3ccc4[nH]c(C(=O)Nc5ccc6[nH]c(C(=O)N(N)CCC(=O)[C@@H](N)CCCCN)cc6c5)cc4c3)ccc2[nH]1. The summed E-state index contributed by atoms with van der Waals surface area (Å²) in [6.07, 6.45) is 4.16. The summed E-state index contributed by atoms with van der Waals surface area (Å²) < 4.78 is 0. The third kappa shape index (κ3) is 11.6. The molecule has 332 valence electrons. The van der Waals surface area contributed by atoms with Crippen LogP contribution in [0.3, 0.4) is 0 Å². The van der Waals surface area contributed by atoms with E-state index in [0.717, 1.165) is 35.7 Å². The number of amides is 4. The van der Waals surface area contributed by atoms with Gasteiger partial charge in [-0.25, -0.2) is 11.7 Å². The Balaban J connectivity index is 1.03. The van der Waals surface area contributed by atoms with Crippen LogP contribution in [0.2, 0.25) is 0 Å². The van der Waals surface area contributed by atoms with Crippen molar-refractivity contribution in [2.24, 2.45) is 34.6 Å². The number of nitrogens with two attached hydrogens (primary N) is 6. The second kappa shape index (κ2) is 20.9. The van der Waals surface area contributed by atoms with E-state index in [1.54, 1.807) is 72.8 Å². The molecule has 6 rings (SSSR count). The Hall–Kier alpha value is -6.74. The zero-order valence-corrected chi connectivity index (χ0v) is 34.9. The molecule has 0 aliphatic carbocycles. The predicted molar refractivity (Wildman–Crippen MR) is 242 cm³/mol. The van der Waals surface area contributed by atoms with Crippen LogP contribution in [-0.4, -0.2) is 98.4 Å². The first-order chi connectivity index (χ1) is 30.2. The highest BCUT2D eigenvalue weighted by Crippen LogP contribution is 2.25. The van der Waals surface area contributed by atoms with Crippen LogP contribution in [0.4, 0.5) is 11.4 Å². The summed E-state index contributed by atoms with van der Waals surface area (Å²) in [4.78, 5) is 86.8. The Kier molecular flexibility index (Phi) is 15.2. The van der Waals surface area contributed by atoms with Gasteiger partial charge < -0.3 is 48.5 Å². The third-order valence-corrected chi connectivity index (χ3v) is 10.8.